The van der Waals surface area contributed by atoms with Crippen molar-refractivity contribution in [1.82, 2.24) is 4.98 Å². The van der Waals surface area contributed by atoms with Gasteiger partial charge in [0.05, 0.1) is 11.5 Å². The van der Waals surface area contributed by atoms with E-state index >= 15 is 0 Å². The summed E-state index contributed by atoms with van der Waals surface area (Å²) in [4.78, 5) is 16.5. The van der Waals surface area contributed by atoms with Crippen molar-refractivity contribution in [2.45, 2.75) is 18.9 Å². The first-order valence-electron chi connectivity index (χ1n) is 5.31. The van der Waals surface area contributed by atoms with Crippen LogP contribution in [0.5, 0.6) is 0 Å². The summed E-state index contributed by atoms with van der Waals surface area (Å²) in [7, 11) is 0. The minimum Gasteiger partial charge on any atom is -0.395 e. The molecule has 2 rings (SSSR count). The third-order valence-electron chi connectivity index (χ3n) is 2.61. The quantitative estimate of drug-likeness (QED) is 0.661. The molecule has 0 bridgehead atoms. The minimum absolute atomic E-state index is 0.0280. The highest BCUT2D eigenvalue weighted by Crippen LogP contribution is 2.36. The number of hydrogen-bond donors (Lipinski definition) is 1. The van der Waals surface area contributed by atoms with Crippen molar-refractivity contribution < 1.29 is 10.0 Å². The molecular weight excluding hydrogens is 290 g/mol. The van der Waals surface area contributed by atoms with Crippen molar-refractivity contribution in [2.24, 2.45) is 0 Å². The molecule has 0 aromatic carbocycles. The lowest BCUT2D eigenvalue weighted by molar-refractivity contribution is -0.384. The molecule has 1 N–H and O–H groups in total. The van der Waals surface area contributed by atoms with E-state index in [0.717, 1.165) is 12.8 Å². The number of aliphatic hydroxyl groups is 1. The van der Waals surface area contributed by atoms with Crippen molar-refractivity contribution in [3.05, 3.63) is 26.9 Å². The standard InChI is InChI=1S/C10H12BrN3O3/c11-7-5-9(14(16)17)10(12-6-7)13(3-4-15)8-1-2-8/h5-6,8,15H,1-4H2. The number of pyridine rings is 1. The maximum Gasteiger partial charge on any atom is 0.312 e. The summed E-state index contributed by atoms with van der Waals surface area (Å²) in [6, 6.07) is 1.71. The van der Waals surface area contributed by atoms with Gasteiger partial charge in [-0.25, -0.2) is 4.98 Å². The van der Waals surface area contributed by atoms with E-state index in [2.05, 4.69) is 20.9 Å². The van der Waals surface area contributed by atoms with E-state index in [-0.39, 0.29) is 18.3 Å². The average Bonchev–Trinajstić information content (AvgIpc) is 3.10. The normalized spacial score (nSPS) is 14.7. The zero-order valence-electron chi connectivity index (χ0n) is 9.04. The van der Waals surface area contributed by atoms with Crippen LogP contribution in [0, 0.1) is 10.1 Å². The fraction of sp³-hybridized carbons (Fsp3) is 0.500. The molecule has 6 nitrogen and oxygen atoms in total. The van der Waals surface area contributed by atoms with Crippen molar-refractivity contribution >= 4 is 27.4 Å². The maximum absolute atomic E-state index is 11.0. The molecule has 0 aliphatic heterocycles. The third kappa shape index (κ3) is 2.73. The van der Waals surface area contributed by atoms with Crippen LogP contribution in [0.25, 0.3) is 0 Å². The van der Waals surface area contributed by atoms with E-state index in [9.17, 15) is 10.1 Å². The van der Waals surface area contributed by atoms with Crippen LogP contribution in [0.1, 0.15) is 12.8 Å². The summed E-state index contributed by atoms with van der Waals surface area (Å²) in [5.41, 5.74) is -0.0280. The lowest BCUT2D eigenvalue weighted by atomic mass is 10.3. The van der Waals surface area contributed by atoms with E-state index < -0.39 is 4.92 Å². The van der Waals surface area contributed by atoms with Gasteiger partial charge < -0.3 is 10.0 Å². The highest BCUT2D eigenvalue weighted by Gasteiger charge is 2.33. The molecule has 1 saturated carbocycles. The summed E-state index contributed by atoms with van der Waals surface area (Å²) in [6.45, 7) is 0.339. The smallest absolute Gasteiger partial charge is 0.312 e. The molecule has 92 valence electrons. The summed E-state index contributed by atoms with van der Waals surface area (Å²) >= 11 is 3.17. The average molecular weight is 302 g/mol. The Kier molecular flexibility index (Phi) is 3.58. The molecule has 1 aliphatic carbocycles. The van der Waals surface area contributed by atoms with Crippen LogP contribution in [0.15, 0.2) is 16.7 Å². The van der Waals surface area contributed by atoms with Gasteiger partial charge >= 0.3 is 5.69 Å². The Morgan fingerprint density at radius 2 is 2.35 bits per heavy atom. The number of hydrogen-bond acceptors (Lipinski definition) is 5. The van der Waals surface area contributed by atoms with Crippen LogP contribution in [-0.2, 0) is 0 Å². The fourth-order valence-corrected chi connectivity index (χ4v) is 2.05. The second-order valence-electron chi connectivity index (χ2n) is 3.90. The number of anilines is 1. The first kappa shape index (κ1) is 12.3. The van der Waals surface area contributed by atoms with Crippen molar-refractivity contribution in [3.8, 4) is 0 Å². The Hall–Kier alpha value is -1.21. The summed E-state index contributed by atoms with van der Waals surface area (Å²) in [6.07, 6.45) is 3.53. The molecule has 17 heavy (non-hydrogen) atoms. The van der Waals surface area contributed by atoms with E-state index in [4.69, 9.17) is 5.11 Å². The van der Waals surface area contributed by atoms with Gasteiger partial charge in [0.2, 0.25) is 5.82 Å². The van der Waals surface area contributed by atoms with Crippen LogP contribution in [0.2, 0.25) is 0 Å². The second-order valence-corrected chi connectivity index (χ2v) is 4.82. The van der Waals surface area contributed by atoms with Crippen LogP contribution < -0.4 is 4.90 Å². The van der Waals surface area contributed by atoms with E-state index in [1.807, 2.05) is 4.90 Å². The molecule has 0 spiro atoms. The molecule has 1 aromatic rings. The number of rotatable bonds is 5. The Labute approximate surface area is 107 Å². The van der Waals surface area contributed by atoms with Gasteiger partial charge in [0, 0.05) is 29.3 Å². The lowest BCUT2D eigenvalue weighted by Crippen LogP contribution is -2.30. The van der Waals surface area contributed by atoms with E-state index in [1.165, 1.54) is 12.3 Å². The Morgan fingerprint density at radius 1 is 1.65 bits per heavy atom. The minimum atomic E-state index is -0.445. The predicted molar refractivity (Wildman–Crippen MR) is 66.0 cm³/mol. The van der Waals surface area contributed by atoms with E-state index in [1.54, 1.807) is 0 Å². The SMILES string of the molecule is O=[N+]([O-])c1cc(Br)cnc1N(CCO)C1CC1. The highest BCUT2D eigenvalue weighted by atomic mass is 79.9. The monoisotopic (exact) mass is 301 g/mol. The van der Waals surface area contributed by atoms with Crippen molar-refractivity contribution in [1.29, 1.82) is 0 Å². The van der Waals surface area contributed by atoms with Crippen molar-refractivity contribution in [2.75, 3.05) is 18.1 Å². The van der Waals surface area contributed by atoms with E-state index in [0.29, 0.717) is 16.8 Å². The topological polar surface area (TPSA) is 79.5 Å². The second kappa shape index (κ2) is 4.97. The molecule has 1 fully saturated rings. The molecule has 1 aliphatic rings. The zero-order valence-corrected chi connectivity index (χ0v) is 10.6. The summed E-state index contributed by atoms with van der Waals surface area (Å²) in [5.74, 6) is 0.342. The van der Waals surface area contributed by atoms with Crippen molar-refractivity contribution in [3.63, 3.8) is 0 Å². The van der Waals surface area contributed by atoms with Crippen LogP contribution in [0.4, 0.5) is 11.5 Å². The molecular formula is C10H12BrN3O3. The first-order chi connectivity index (χ1) is 8.13. The predicted octanol–water partition coefficient (Wildman–Crippen LogP) is 1.71. The van der Waals surface area contributed by atoms with Gasteiger partial charge in [-0.2, -0.15) is 0 Å². The van der Waals surface area contributed by atoms with Gasteiger partial charge in [0.15, 0.2) is 0 Å². The molecule has 1 heterocycles. The number of nitro groups is 1. The molecule has 7 heteroatoms. The van der Waals surface area contributed by atoms with Crippen LogP contribution in [-0.4, -0.2) is 34.2 Å². The number of nitrogens with zero attached hydrogens (tertiary/aromatic N) is 3. The largest absolute Gasteiger partial charge is 0.395 e. The third-order valence-corrected chi connectivity index (χ3v) is 3.04. The molecule has 0 unspecified atom stereocenters. The Morgan fingerprint density at radius 3 is 2.88 bits per heavy atom. The highest BCUT2D eigenvalue weighted by molar-refractivity contribution is 9.10. The van der Waals surface area contributed by atoms with Gasteiger partial charge in [0.25, 0.3) is 0 Å². The van der Waals surface area contributed by atoms with Gasteiger partial charge in [-0.05, 0) is 28.8 Å². The van der Waals surface area contributed by atoms with Gasteiger partial charge in [-0.3, -0.25) is 10.1 Å². The lowest BCUT2D eigenvalue weighted by Gasteiger charge is -2.21. The molecule has 0 atom stereocenters. The summed E-state index contributed by atoms with van der Waals surface area (Å²) in [5, 5.41) is 20.0. The van der Waals surface area contributed by atoms with Crippen LogP contribution in [0.3, 0.4) is 0 Å². The van der Waals surface area contributed by atoms with Gasteiger partial charge in [-0.1, -0.05) is 0 Å². The van der Waals surface area contributed by atoms with Crippen LogP contribution >= 0.6 is 15.9 Å². The fourth-order valence-electron chi connectivity index (χ4n) is 1.73. The number of halogens is 1. The first-order valence-corrected chi connectivity index (χ1v) is 6.10. The molecule has 0 radical (unpaired) electrons. The Balaban J connectivity index is 2.37. The number of aromatic nitrogens is 1. The van der Waals surface area contributed by atoms with Gasteiger partial charge in [0.1, 0.15) is 0 Å². The Bertz CT molecular complexity index is 437. The van der Waals surface area contributed by atoms with Gasteiger partial charge in [-0.15, -0.1) is 0 Å². The maximum atomic E-state index is 11.0. The summed E-state index contributed by atoms with van der Waals surface area (Å²) < 4.78 is 0.577. The molecule has 0 saturated heterocycles. The molecule has 0 amide bonds. The number of aliphatic hydroxyl groups excluding tert-OH is 1. The zero-order chi connectivity index (χ0) is 12.4. The molecule has 1 aromatic heterocycles.